The van der Waals surface area contributed by atoms with Gasteiger partial charge in [-0.15, -0.1) is 0 Å². The molecule has 2 heterocycles. The molecule has 1 unspecified atom stereocenters. The number of urea groups is 1. The van der Waals surface area contributed by atoms with Gasteiger partial charge in [0.15, 0.2) is 0 Å². The number of aromatic nitrogens is 2. The first-order valence-electron chi connectivity index (χ1n) is 8.58. The first-order chi connectivity index (χ1) is 12.2. The summed E-state index contributed by atoms with van der Waals surface area (Å²) in [4.78, 5) is 25.5. The molecule has 0 spiro atoms. The van der Waals surface area contributed by atoms with Crippen molar-refractivity contribution in [2.24, 2.45) is 0 Å². The molecular weight excluding hydrogens is 318 g/mol. The van der Waals surface area contributed by atoms with Gasteiger partial charge in [0, 0.05) is 31.7 Å². The number of para-hydroxylation sites is 1. The molecule has 2 aromatic rings. The van der Waals surface area contributed by atoms with E-state index >= 15 is 0 Å². The van der Waals surface area contributed by atoms with E-state index in [0.717, 1.165) is 17.8 Å². The van der Waals surface area contributed by atoms with Crippen LogP contribution in [-0.2, 0) is 11.3 Å². The zero-order valence-electron chi connectivity index (χ0n) is 14.3. The SMILES string of the molecule is CCC(=O)N1CCC(NC(=O)NCc2ccn(-c3ccccc3)n2)C1. The van der Waals surface area contributed by atoms with Crippen LogP contribution in [0.25, 0.3) is 5.69 Å². The van der Waals surface area contributed by atoms with Crippen molar-refractivity contribution in [3.8, 4) is 5.69 Å². The van der Waals surface area contributed by atoms with E-state index in [-0.39, 0.29) is 18.0 Å². The van der Waals surface area contributed by atoms with Crippen molar-refractivity contribution >= 4 is 11.9 Å². The molecule has 1 saturated heterocycles. The first-order valence-corrected chi connectivity index (χ1v) is 8.58. The van der Waals surface area contributed by atoms with Gasteiger partial charge >= 0.3 is 6.03 Å². The van der Waals surface area contributed by atoms with Crippen molar-refractivity contribution in [2.45, 2.75) is 32.4 Å². The number of benzene rings is 1. The van der Waals surface area contributed by atoms with Crippen molar-refractivity contribution in [2.75, 3.05) is 13.1 Å². The third kappa shape index (κ3) is 4.37. The van der Waals surface area contributed by atoms with Gasteiger partial charge in [0.25, 0.3) is 0 Å². The molecule has 1 atom stereocenters. The predicted octanol–water partition coefficient (Wildman–Crippen LogP) is 1.68. The zero-order valence-corrected chi connectivity index (χ0v) is 14.3. The minimum absolute atomic E-state index is 0.0115. The van der Waals surface area contributed by atoms with E-state index in [9.17, 15) is 9.59 Å². The topological polar surface area (TPSA) is 79.3 Å². The van der Waals surface area contributed by atoms with Crippen LogP contribution in [-0.4, -0.2) is 45.8 Å². The van der Waals surface area contributed by atoms with Crippen LogP contribution in [0.2, 0.25) is 0 Å². The van der Waals surface area contributed by atoms with Crippen LogP contribution in [0.5, 0.6) is 0 Å². The van der Waals surface area contributed by atoms with Gasteiger partial charge in [0.1, 0.15) is 0 Å². The summed E-state index contributed by atoms with van der Waals surface area (Å²) in [5, 5.41) is 10.2. The number of hydrogen-bond acceptors (Lipinski definition) is 3. The number of carbonyl (C=O) groups excluding carboxylic acids is 2. The van der Waals surface area contributed by atoms with Gasteiger partial charge in [-0.2, -0.15) is 5.10 Å². The largest absolute Gasteiger partial charge is 0.341 e. The maximum atomic E-state index is 12.0. The fourth-order valence-corrected chi connectivity index (χ4v) is 2.92. The van der Waals surface area contributed by atoms with Crippen LogP contribution in [0.4, 0.5) is 4.79 Å². The lowest BCUT2D eigenvalue weighted by molar-refractivity contribution is -0.129. The van der Waals surface area contributed by atoms with Gasteiger partial charge in [-0.3, -0.25) is 4.79 Å². The van der Waals surface area contributed by atoms with Crippen LogP contribution in [0.15, 0.2) is 42.6 Å². The summed E-state index contributed by atoms with van der Waals surface area (Å²) < 4.78 is 1.78. The van der Waals surface area contributed by atoms with E-state index in [4.69, 9.17) is 0 Å². The standard InChI is InChI=1S/C18H23N5O2/c1-2-17(24)22-10-8-15(13-22)20-18(25)19-12-14-9-11-23(21-14)16-6-4-3-5-7-16/h3-7,9,11,15H,2,8,10,12-13H2,1H3,(H2,19,20,25). The molecule has 25 heavy (non-hydrogen) atoms. The second-order valence-corrected chi connectivity index (χ2v) is 6.09. The lowest BCUT2D eigenvalue weighted by Gasteiger charge is -2.16. The van der Waals surface area contributed by atoms with Crippen molar-refractivity contribution in [1.82, 2.24) is 25.3 Å². The highest BCUT2D eigenvalue weighted by Gasteiger charge is 2.26. The van der Waals surface area contributed by atoms with Crippen molar-refractivity contribution in [3.63, 3.8) is 0 Å². The Morgan fingerprint density at radius 1 is 1.24 bits per heavy atom. The molecule has 0 radical (unpaired) electrons. The number of amides is 3. The summed E-state index contributed by atoms with van der Waals surface area (Å²) in [6.45, 7) is 3.50. The molecule has 1 fully saturated rings. The average Bonchev–Trinajstić information content (AvgIpc) is 3.29. The Morgan fingerprint density at radius 3 is 2.80 bits per heavy atom. The first kappa shape index (κ1) is 17.0. The molecule has 132 valence electrons. The normalized spacial score (nSPS) is 16.7. The molecule has 1 aliphatic heterocycles. The summed E-state index contributed by atoms with van der Waals surface area (Å²) in [6.07, 6.45) is 3.17. The predicted molar refractivity (Wildman–Crippen MR) is 94.2 cm³/mol. The van der Waals surface area contributed by atoms with Crippen LogP contribution in [0.1, 0.15) is 25.5 Å². The number of nitrogens with one attached hydrogen (secondary N) is 2. The Kier molecular flexibility index (Phi) is 5.33. The number of carbonyl (C=O) groups is 2. The van der Waals surface area contributed by atoms with Gasteiger partial charge in [-0.05, 0) is 24.6 Å². The maximum absolute atomic E-state index is 12.0. The Morgan fingerprint density at radius 2 is 2.04 bits per heavy atom. The minimum atomic E-state index is -0.231. The number of nitrogens with zero attached hydrogens (tertiary/aromatic N) is 3. The molecule has 3 rings (SSSR count). The molecule has 0 aliphatic carbocycles. The summed E-state index contributed by atoms with van der Waals surface area (Å²) >= 11 is 0. The lowest BCUT2D eigenvalue weighted by atomic mass is 10.3. The molecule has 0 saturated carbocycles. The summed E-state index contributed by atoms with van der Waals surface area (Å²) in [5.41, 5.74) is 1.76. The second-order valence-electron chi connectivity index (χ2n) is 6.09. The van der Waals surface area contributed by atoms with E-state index in [1.54, 1.807) is 9.58 Å². The maximum Gasteiger partial charge on any atom is 0.315 e. The molecule has 1 aromatic heterocycles. The highest BCUT2D eigenvalue weighted by molar-refractivity contribution is 5.77. The van der Waals surface area contributed by atoms with E-state index in [2.05, 4.69) is 15.7 Å². The van der Waals surface area contributed by atoms with Gasteiger partial charge in [-0.25, -0.2) is 9.48 Å². The van der Waals surface area contributed by atoms with Gasteiger partial charge in [0.2, 0.25) is 5.91 Å². The second kappa shape index (κ2) is 7.83. The molecule has 7 heteroatoms. The summed E-state index contributed by atoms with van der Waals surface area (Å²) in [7, 11) is 0. The molecule has 7 nitrogen and oxygen atoms in total. The lowest BCUT2D eigenvalue weighted by Crippen LogP contribution is -2.43. The van der Waals surface area contributed by atoms with Crippen LogP contribution < -0.4 is 10.6 Å². The number of hydrogen-bond donors (Lipinski definition) is 2. The third-order valence-electron chi connectivity index (χ3n) is 4.27. The smallest absolute Gasteiger partial charge is 0.315 e. The third-order valence-corrected chi connectivity index (χ3v) is 4.27. The van der Waals surface area contributed by atoms with Crippen LogP contribution >= 0.6 is 0 Å². The number of likely N-dealkylation sites (tertiary alicyclic amines) is 1. The monoisotopic (exact) mass is 341 g/mol. The van der Waals surface area contributed by atoms with E-state index in [1.807, 2.05) is 49.5 Å². The number of rotatable bonds is 5. The van der Waals surface area contributed by atoms with Gasteiger partial charge in [-0.1, -0.05) is 25.1 Å². The molecule has 2 N–H and O–H groups in total. The highest BCUT2D eigenvalue weighted by atomic mass is 16.2. The highest BCUT2D eigenvalue weighted by Crippen LogP contribution is 2.10. The fourth-order valence-electron chi connectivity index (χ4n) is 2.92. The van der Waals surface area contributed by atoms with Crippen molar-refractivity contribution in [3.05, 3.63) is 48.3 Å². The Labute approximate surface area is 147 Å². The minimum Gasteiger partial charge on any atom is -0.341 e. The fraction of sp³-hybridized carbons (Fsp3) is 0.389. The summed E-state index contributed by atoms with van der Waals surface area (Å²) in [6, 6.07) is 11.5. The molecular formula is C18H23N5O2. The van der Waals surface area contributed by atoms with Crippen molar-refractivity contribution in [1.29, 1.82) is 0 Å². The Balaban J connectivity index is 1.45. The molecule has 0 bridgehead atoms. The van der Waals surface area contributed by atoms with Crippen LogP contribution in [0.3, 0.4) is 0 Å². The molecule has 1 aliphatic rings. The average molecular weight is 341 g/mol. The molecule has 1 aromatic carbocycles. The van der Waals surface area contributed by atoms with Gasteiger partial charge < -0.3 is 15.5 Å². The zero-order chi connectivity index (χ0) is 17.6. The quantitative estimate of drug-likeness (QED) is 0.868. The summed E-state index contributed by atoms with van der Waals surface area (Å²) in [5.74, 6) is 0.135. The van der Waals surface area contributed by atoms with E-state index in [1.165, 1.54) is 0 Å². The van der Waals surface area contributed by atoms with Crippen molar-refractivity contribution < 1.29 is 9.59 Å². The Hall–Kier alpha value is -2.83. The van der Waals surface area contributed by atoms with E-state index in [0.29, 0.717) is 26.1 Å². The van der Waals surface area contributed by atoms with E-state index < -0.39 is 0 Å². The molecule has 3 amide bonds. The van der Waals surface area contributed by atoms with Gasteiger partial charge in [0.05, 0.1) is 17.9 Å². The van der Waals surface area contributed by atoms with Crippen LogP contribution in [0, 0.1) is 0 Å². The Bertz CT molecular complexity index is 728.